The number of carboxylic acids is 1. The van der Waals surface area contributed by atoms with Crippen molar-refractivity contribution in [2.45, 2.75) is 30.2 Å². The molecule has 5 atom stereocenters. The van der Waals surface area contributed by atoms with Crippen LogP contribution in [0.5, 0.6) is 0 Å². The number of benzene rings is 2. The largest absolute Gasteiger partial charge is 1.00 e. The van der Waals surface area contributed by atoms with Crippen LogP contribution in [-0.4, -0.2) is 50.8 Å². The Morgan fingerprint density at radius 1 is 1.04 bits per heavy atom. The van der Waals surface area contributed by atoms with Gasteiger partial charge in [0.15, 0.2) is 0 Å². The van der Waals surface area contributed by atoms with Crippen LogP contribution in [0.15, 0.2) is 42.5 Å². The van der Waals surface area contributed by atoms with Gasteiger partial charge >= 0.3 is 29.6 Å². The third-order valence-corrected chi connectivity index (χ3v) is 4.09. The molecule has 1 aliphatic heterocycles. The van der Waals surface area contributed by atoms with Crippen LogP contribution in [-0.2, 0) is 15.3 Å². The molecule has 0 bridgehead atoms. The third-order valence-electron chi connectivity index (χ3n) is 4.09. The number of carboxylic acid groups (broad SMARTS) is 1. The number of fused-ring (bicyclic) bond motifs is 1. The fourth-order valence-corrected chi connectivity index (χ4v) is 2.77. The Morgan fingerprint density at radius 3 is 2.29 bits per heavy atom. The molecule has 2 aromatic rings. The maximum atomic E-state index is 11.0. The fraction of sp³-hybridized carbons (Fsp3) is 0.312. The summed E-state index contributed by atoms with van der Waals surface area (Å²) >= 11 is 0. The normalized spacial score (nSPS) is 33.0. The molecule has 0 unspecified atom stereocenters. The molecule has 1 aliphatic rings. The molecular formula is C16H15NaO7. The van der Waals surface area contributed by atoms with Crippen molar-refractivity contribution >= 4 is 16.7 Å². The van der Waals surface area contributed by atoms with E-state index >= 15 is 0 Å². The Hall–Kier alpha value is -1.03. The quantitative estimate of drug-likeness (QED) is 0.403. The minimum absolute atomic E-state index is 0. The molecule has 0 radical (unpaired) electrons. The minimum Gasteiger partial charge on any atom is -0.547 e. The number of rotatable bonds is 2. The molecule has 7 nitrogen and oxygen atoms in total. The predicted octanol–water partition coefficient (Wildman–Crippen LogP) is -4.78. The van der Waals surface area contributed by atoms with Crippen LogP contribution in [0.1, 0.15) is 5.56 Å². The fourth-order valence-electron chi connectivity index (χ4n) is 2.77. The summed E-state index contributed by atoms with van der Waals surface area (Å²) in [5.74, 6) is -4.30. The van der Waals surface area contributed by atoms with Gasteiger partial charge in [0.1, 0.15) is 24.4 Å². The molecule has 1 fully saturated rings. The van der Waals surface area contributed by atoms with E-state index in [0.717, 1.165) is 10.8 Å². The van der Waals surface area contributed by atoms with Crippen LogP contribution in [0.25, 0.3) is 10.8 Å². The van der Waals surface area contributed by atoms with Crippen molar-refractivity contribution in [1.29, 1.82) is 0 Å². The molecule has 1 saturated heterocycles. The minimum atomic E-state index is -2.49. The Labute approximate surface area is 159 Å². The van der Waals surface area contributed by atoms with Crippen LogP contribution < -0.4 is 34.7 Å². The molecule has 0 spiro atoms. The van der Waals surface area contributed by atoms with Gasteiger partial charge in [-0.2, -0.15) is 0 Å². The molecule has 8 heteroatoms. The molecular weight excluding hydrogens is 327 g/mol. The zero-order chi connectivity index (χ0) is 16.8. The van der Waals surface area contributed by atoms with E-state index in [9.17, 15) is 30.3 Å². The van der Waals surface area contributed by atoms with Gasteiger partial charge in [0.25, 0.3) is 0 Å². The summed E-state index contributed by atoms with van der Waals surface area (Å²) in [7, 11) is 0. The van der Waals surface area contributed by atoms with E-state index in [0.29, 0.717) is 0 Å². The van der Waals surface area contributed by atoms with Gasteiger partial charge < -0.3 is 35.1 Å². The number of aliphatic hydroxyl groups excluding tert-OH is 3. The first-order valence-electron chi connectivity index (χ1n) is 6.99. The van der Waals surface area contributed by atoms with E-state index in [1.165, 1.54) is 12.1 Å². The van der Waals surface area contributed by atoms with E-state index in [2.05, 4.69) is 0 Å². The maximum Gasteiger partial charge on any atom is 1.00 e. The van der Waals surface area contributed by atoms with E-state index in [4.69, 9.17) is 4.74 Å². The van der Waals surface area contributed by atoms with Gasteiger partial charge in [-0.05, 0) is 16.8 Å². The zero-order valence-electron chi connectivity index (χ0n) is 12.9. The molecule has 0 amide bonds. The third kappa shape index (κ3) is 3.10. The SMILES string of the molecule is O=C([O-])[C@H]1O[C@](O)(c2ccc3ccccc3c2)[C@H](O)[C@@H](O)[C@@H]1O.[Na+]. The number of hydrogen-bond donors (Lipinski definition) is 4. The molecule has 122 valence electrons. The Balaban J connectivity index is 0.00000208. The van der Waals surface area contributed by atoms with Gasteiger partial charge in [-0.1, -0.05) is 36.4 Å². The summed E-state index contributed by atoms with van der Waals surface area (Å²) in [6.45, 7) is 0. The van der Waals surface area contributed by atoms with Crippen molar-refractivity contribution < 1.29 is 64.6 Å². The average molecular weight is 342 g/mol. The Kier molecular flexibility index (Phi) is 5.68. The van der Waals surface area contributed by atoms with Crippen LogP contribution >= 0.6 is 0 Å². The molecule has 0 aromatic heterocycles. The first-order chi connectivity index (χ1) is 10.8. The Morgan fingerprint density at radius 2 is 1.67 bits per heavy atom. The van der Waals surface area contributed by atoms with E-state index in [1.807, 2.05) is 12.1 Å². The predicted molar refractivity (Wildman–Crippen MR) is 75.7 cm³/mol. The number of aliphatic hydroxyl groups is 4. The van der Waals surface area contributed by atoms with Crippen LogP contribution in [0.4, 0.5) is 0 Å². The first-order valence-corrected chi connectivity index (χ1v) is 6.99. The van der Waals surface area contributed by atoms with Gasteiger partial charge in [0.2, 0.25) is 5.79 Å². The van der Waals surface area contributed by atoms with Gasteiger partial charge in [-0.15, -0.1) is 0 Å². The van der Waals surface area contributed by atoms with Crippen molar-refractivity contribution in [1.82, 2.24) is 0 Å². The molecule has 4 N–H and O–H groups in total. The summed E-state index contributed by atoms with van der Waals surface area (Å²) in [5.41, 5.74) is 0.0564. The standard InChI is InChI=1S/C16H16O7.Na/c17-11-12(18)14(19)16(22,23-13(11)15(20)21)10-6-5-8-3-1-2-4-9(8)7-10;/h1-7,11-14,17-19,22H,(H,20,21);/q;+1/p-1/t11-,12-,13-,14+,16+;/m0./s1. The maximum absolute atomic E-state index is 11.0. The number of hydrogen-bond acceptors (Lipinski definition) is 7. The van der Waals surface area contributed by atoms with E-state index < -0.39 is 36.2 Å². The van der Waals surface area contributed by atoms with Crippen LogP contribution in [0, 0.1) is 0 Å². The summed E-state index contributed by atoms with van der Waals surface area (Å²) in [5, 5.41) is 52.9. The van der Waals surface area contributed by atoms with Gasteiger partial charge in [0, 0.05) is 5.56 Å². The second-order valence-corrected chi connectivity index (χ2v) is 5.54. The van der Waals surface area contributed by atoms with Crippen molar-refractivity contribution in [3.05, 3.63) is 48.0 Å². The summed E-state index contributed by atoms with van der Waals surface area (Å²) in [6.07, 6.45) is -7.75. The molecule has 0 aliphatic carbocycles. The van der Waals surface area contributed by atoms with E-state index in [1.54, 1.807) is 18.2 Å². The topological polar surface area (TPSA) is 130 Å². The molecule has 2 aromatic carbocycles. The second kappa shape index (κ2) is 7.07. The molecule has 0 saturated carbocycles. The number of carbonyl (C=O) groups excluding carboxylic acids is 1. The van der Waals surface area contributed by atoms with E-state index in [-0.39, 0.29) is 35.1 Å². The van der Waals surface area contributed by atoms with Crippen molar-refractivity contribution in [2.75, 3.05) is 0 Å². The number of carbonyl (C=O) groups is 1. The van der Waals surface area contributed by atoms with Gasteiger partial charge in [-0.25, -0.2) is 0 Å². The van der Waals surface area contributed by atoms with Crippen LogP contribution in [0.3, 0.4) is 0 Å². The molecule has 1 heterocycles. The number of ether oxygens (including phenoxy) is 1. The molecule has 3 rings (SSSR count). The smallest absolute Gasteiger partial charge is 0.547 e. The number of aliphatic carboxylic acids is 1. The Bertz CT molecular complexity index is 752. The zero-order valence-corrected chi connectivity index (χ0v) is 14.9. The average Bonchev–Trinajstić information content (AvgIpc) is 2.55. The second-order valence-electron chi connectivity index (χ2n) is 5.54. The van der Waals surface area contributed by atoms with Crippen molar-refractivity contribution in [3.8, 4) is 0 Å². The van der Waals surface area contributed by atoms with Gasteiger partial charge in [-0.3, -0.25) is 0 Å². The summed E-state index contributed by atoms with van der Waals surface area (Å²) < 4.78 is 5.00. The first kappa shape index (κ1) is 19.3. The monoisotopic (exact) mass is 342 g/mol. The summed E-state index contributed by atoms with van der Waals surface area (Å²) in [4.78, 5) is 11.0. The van der Waals surface area contributed by atoms with Crippen molar-refractivity contribution in [2.24, 2.45) is 0 Å². The van der Waals surface area contributed by atoms with Gasteiger partial charge in [0.05, 0.1) is 5.97 Å². The van der Waals surface area contributed by atoms with Crippen molar-refractivity contribution in [3.63, 3.8) is 0 Å². The molecule has 24 heavy (non-hydrogen) atoms. The summed E-state index contributed by atoms with van der Waals surface area (Å²) in [6, 6.07) is 11.8. The van der Waals surface area contributed by atoms with Crippen LogP contribution in [0.2, 0.25) is 0 Å².